The average Bonchev–Trinajstić information content (AvgIpc) is 3.33. The molecule has 1 saturated carbocycles. The van der Waals surface area contributed by atoms with E-state index in [0.717, 1.165) is 18.4 Å². The van der Waals surface area contributed by atoms with Crippen molar-refractivity contribution in [2.75, 3.05) is 0 Å². The topological polar surface area (TPSA) is 20.2 Å². The lowest BCUT2D eigenvalue weighted by Gasteiger charge is -2.31. The summed E-state index contributed by atoms with van der Waals surface area (Å²) in [4.78, 5) is 0. The second-order valence-electron chi connectivity index (χ2n) is 10.5. The summed E-state index contributed by atoms with van der Waals surface area (Å²) in [6.45, 7) is 0.0934. The third kappa shape index (κ3) is 3.33. The van der Waals surface area contributed by atoms with Gasteiger partial charge in [0.1, 0.15) is 0 Å². The molecule has 2 aliphatic rings. The summed E-state index contributed by atoms with van der Waals surface area (Å²) in [6.07, 6.45) is 6.13. The maximum absolute atomic E-state index is 10.5. The third-order valence-electron chi connectivity index (χ3n) is 8.66. The van der Waals surface area contributed by atoms with Crippen LogP contribution < -0.4 is 0 Å². The van der Waals surface area contributed by atoms with Gasteiger partial charge in [-0.3, -0.25) is 0 Å². The standard InChI is InChI=1S/C34H30O/c35-21-27-17-25-11-4-6-15-28(25)33-31(27)18-23-13-8-14-24(23)19-32-30(22-9-2-1-3-10-22)20-26-12-5-7-16-29(26)34(32)33/h1-7,9-12,15-17,20,23-24,35H,8,13-14,18-19,21H2. The zero-order valence-corrected chi connectivity index (χ0v) is 20.0. The van der Waals surface area contributed by atoms with Crippen molar-refractivity contribution < 1.29 is 5.11 Å². The lowest BCUT2D eigenvalue weighted by atomic mass is 9.73. The summed E-state index contributed by atoms with van der Waals surface area (Å²) in [5, 5.41) is 15.7. The highest BCUT2D eigenvalue weighted by Crippen LogP contribution is 2.50. The number of aliphatic hydroxyl groups is 1. The molecule has 1 nitrogen and oxygen atoms in total. The normalized spacial score (nSPS) is 19.1. The van der Waals surface area contributed by atoms with Crippen molar-refractivity contribution >= 4 is 21.5 Å². The number of aliphatic hydroxyl groups excluding tert-OH is 1. The predicted molar refractivity (Wildman–Crippen MR) is 146 cm³/mol. The summed E-state index contributed by atoms with van der Waals surface area (Å²) >= 11 is 0. The van der Waals surface area contributed by atoms with Gasteiger partial charge in [-0.1, -0.05) is 85.3 Å². The maximum atomic E-state index is 10.5. The molecular formula is C34H30O. The van der Waals surface area contributed by atoms with Gasteiger partial charge in [-0.25, -0.2) is 0 Å². The fraction of sp³-hybridized carbons (Fsp3) is 0.235. The van der Waals surface area contributed by atoms with Crippen molar-refractivity contribution in [1.82, 2.24) is 0 Å². The third-order valence-corrected chi connectivity index (χ3v) is 8.66. The molecule has 0 spiro atoms. The first kappa shape index (κ1) is 20.9. The van der Waals surface area contributed by atoms with E-state index in [4.69, 9.17) is 0 Å². The fourth-order valence-corrected chi connectivity index (χ4v) is 7.05. The Bertz CT molecular complexity index is 1560. The molecule has 2 unspecified atom stereocenters. The van der Waals surface area contributed by atoms with Crippen LogP contribution in [0.4, 0.5) is 0 Å². The van der Waals surface area contributed by atoms with E-state index in [9.17, 15) is 5.11 Å². The maximum Gasteiger partial charge on any atom is 0.0684 e. The Balaban J connectivity index is 1.69. The minimum absolute atomic E-state index is 0.0934. The van der Waals surface area contributed by atoms with Gasteiger partial charge in [-0.05, 0) is 110 Å². The molecule has 1 N–H and O–H groups in total. The fourth-order valence-electron chi connectivity index (χ4n) is 7.05. The van der Waals surface area contributed by atoms with Gasteiger partial charge < -0.3 is 5.11 Å². The van der Waals surface area contributed by atoms with Crippen molar-refractivity contribution in [3.05, 3.63) is 108 Å². The molecule has 5 aromatic carbocycles. The van der Waals surface area contributed by atoms with E-state index in [1.807, 2.05) is 0 Å². The summed E-state index contributed by atoms with van der Waals surface area (Å²) in [6, 6.07) is 33.3. The first-order chi connectivity index (χ1) is 17.3. The molecule has 5 aromatic rings. The van der Waals surface area contributed by atoms with Crippen LogP contribution in [0.5, 0.6) is 0 Å². The van der Waals surface area contributed by atoms with Gasteiger partial charge in [-0.15, -0.1) is 0 Å². The lowest BCUT2D eigenvalue weighted by molar-refractivity contribution is 0.279. The Kier molecular flexibility index (Phi) is 4.99. The monoisotopic (exact) mass is 454 g/mol. The van der Waals surface area contributed by atoms with E-state index in [1.54, 1.807) is 0 Å². The molecule has 1 fully saturated rings. The SMILES string of the molecule is OCc1cc2ccccc2c2c1CC1CCCC1Cc1c(-c3ccccc3)cc3ccccc3c1-2. The summed E-state index contributed by atoms with van der Waals surface area (Å²) in [5.41, 5.74) is 9.40. The van der Waals surface area contributed by atoms with E-state index in [-0.39, 0.29) is 6.61 Å². The Labute approximate surface area is 207 Å². The first-order valence-electron chi connectivity index (χ1n) is 13.1. The van der Waals surface area contributed by atoms with Crippen LogP contribution in [-0.2, 0) is 19.4 Å². The molecule has 0 heterocycles. The minimum atomic E-state index is 0.0934. The van der Waals surface area contributed by atoms with Crippen LogP contribution in [0.1, 0.15) is 36.0 Å². The van der Waals surface area contributed by atoms with Gasteiger partial charge in [0.2, 0.25) is 0 Å². The average molecular weight is 455 g/mol. The molecule has 35 heavy (non-hydrogen) atoms. The van der Waals surface area contributed by atoms with Crippen molar-refractivity contribution in [2.24, 2.45) is 11.8 Å². The second kappa shape index (κ2) is 8.36. The highest BCUT2D eigenvalue weighted by molar-refractivity contribution is 6.10. The molecule has 1 heteroatoms. The molecule has 0 radical (unpaired) electrons. The highest BCUT2D eigenvalue weighted by atomic mass is 16.3. The Morgan fingerprint density at radius 2 is 1.20 bits per heavy atom. The quantitative estimate of drug-likeness (QED) is 0.284. The zero-order valence-electron chi connectivity index (χ0n) is 20.0. The van der Waals surface area contributed by atoms with Crippen LogP contribution >= 0.6 is 0 Å². The molecule has 172 valence electrons. The Morgan fingerprint density at radius 1 is 0.629 bits per heavy atom. The van der Waals surface area contributed by atoms with Crippen LogP contribution in [0.2, 0.25) is 0 Å². The van der Waals surface area contributed by atoms with Gasteiger partial charge in [0.05, 0.1) is 6.61 Å². The number of hydrogen-bond acceptors (Lipinski definition) is 1. The Morgan fingerprint density at radius 3 is 1.89 bits per heavy atom. The van der Waals surface area contributed by atoms with Crippen molar-refractivity contribution in [1.29, 1.82) is 0 Å². The molecule has 0 bridgehead atoms. The number of benzene rings is 5. The number of hydrogen-bond donors (Lipinski definition) is 1. The zero-order chi connectivity index (χ0) is 23.4. The van der Waals surface area contributed by atoms with Crippen LogP contribution in [0.15, 0.2) is 91.0 Å². The van der Waals surface area contributed by atoms with Crippen molar-refractivity contribution in [3.63, 3.8) is 0 Å². The molecular weight excluding hydrogens is 424 g/mol. The van der Waals surface area contributed by atoms with E-state index >= 15 is 0 Å². The highest BCUT2D eigenvalue weighted by Gasteiger charge is 2.34. The van der Waals surface area contributed by atoms with Crippen LogP contribution in [-0.4, -0.2) is 5.11 Å². The van der Waals surface area contributed by atoms with Crippen LogP contribution in [0, 0.1) is 11.8 Å². The number of fused-ring (bicyclic) bond motifs is 8. The van der Waals surface area contributed by atoms with E-state index in [0.29, 0.717) is 11.8 Å². The van der Waals surface area contributed by atoms with Gasteiger partial charge in [0, 0.05) is 0 Å². The van der Waals surface area contributed by atoms with Crippen molar-refractivity contribution in [3.8, 4) is 22.3 Å². The smallest absolute Gasteiger partial charge is 0.0684 e. The predicted octanol–water partition coefficient (Wildman–Crippen LogP) is 8.33. The summed E-state index contributed by atoms with van der Waals surface area (Å²) < 4.78 is 0. The molecule has 2 aliphatic carbocycles. The van der Waals surface area contributed by atoms with Gasteiger partial charge >= 0.3 is 0 Å². The van der Waals surface area contributed by atoms with Gasteiger partial charge in [-0.2, -0.15) is 0 Å². The molecule has 2 atom stereocenters. The van der Waals surface area contributed by atoms with Crippen LogP contribution in [0.25, 0.3) is 43.8 Å². The second-order valence-corrected chi connectivity index (χ2v) is 10.5. The summed E-state index contributed by atoms with van der Waals surface area (Å²) in [7, 11) is 0. The largest absolute Gasteiger partial charge is 0.392 e. The van der Waals surface area contributed by atoms with E-state index in [1.165, 1.54) is 74.2 Å². The molecule has 0 aromatic heterocycles. The van der Waals surface area contributed by atoms with E-state index < -0.39 is 0 Å². The van der Waals surface area contributed by atoms with Gasteiger partial charge in [0.15, 0.2) is 0 Å². The molecule has 0 amide bonds. The molecule has 7 rings (SSSR count). The molecule has 0 aliphatic heterocycles. The van der Waals surface area contributed by atoms with E-state index in [2.05, 4.69) is 91.0 Å². The van der Waals surface area contributed by atoms with Crippen molar-refractivity contribution in [2.45, 2.75) is 38.7 Å². The molecule has 0 saturated heterocycles. The first-order valence-corrected chi connectivity index (χ1v) is 13.1. The minimum Gasteiger partial charge on any atom is -0.392 e. The van der Waals surface area contributed by atoms with Gasteiger partial charge in [0.25, 0.3) is 0 Å². The van der Waals surface area contributed by atoms with Crippen LogP contribution in [0.3, 0.4) is 0 Å². The lowest BCUT2D eigenvalue weighted by Crippen LogP contribution is -2.19. The summed E-state index contributed by atoms with van der Waals surface area (Å²) in [5.74, 6) is 1.38. The number of rotatable bonds is 2. The Hall–Kier alpha value is -3.42.